The molecule has 0 aliphatic carbocycles. The van der Waals surface area contributed by atoms with Crippen molar-refractivity contribution in [1.82, 2.24) is 5.32 Å². The van der Waals surface area contributed by atoms with Gasteiger partial charge in [-0.05, 0) is 12.1 Å². The number of carbonyl (C=O) groups is 1. The lowest BCUT2D eigenvalue weighted by Gasteiger charge is -2.04. The van der Waals surface area contributed by atoms with E-state index in [0.29, 0.717) is 23.9 Å². The summed E-state index contributed by atoms with van der Waals surface area (Å²) in [5.41, 5.74) is 5.27. The lowest BCUT2D eigenvalue weighted by molar-refractivity contribution is -0.118. The number of hydrogen-bond acceptors (Lipinski definition) is 3. The van der Waals surface area contributed by atoms with Crippen LogP contribution in [0.1, 0.15) is 0 Å². The molecular formula is C10H14Cl2N2OS. The number of nitrogens with two attached hydrogens (primary N) is 1. The molecule has 0 aliphatic rings. The SMILES string of the molecule is Cl.NCCNC(=O)CSc1ccccc1Cl. The highest BCUT2D eigenvalue weighted by molar-refractivity contribution is 8.00. The minimum absolute atomic E-state index is 0. The third-order valence-electron chi connectivity index (χ3n) is 1.66. The molecule has 0 fully saturated rings. The molecule has 6 heteroatoms. The average Bonchev–Trinajstić information content (AvgIpc) is 2.25. The van der Waals surface area contributed by atoms with Gasteiger partial charge in [-0.25, -0.2) is 0 Å². The normalized spacial score (nSPS) is 9.38. The lowest BCUT2D eigenvalue weighted by Crippen LogP contribution is -2.30. The number of carbonyl (C=O) groups excluding carboxylic acids is 1. The third-order valence-corrected chi connectivity index (χ3v) is 3.18. The summed E-state index contributed by atoms with van der Waals surface area (Å²) in [6, 6.07) is 7.46. The van der Waals surface area contributed by atoms with Crippen molar-refractivity contribution in [2.24, 2.45) is 5.73 Å². The molecule has 1 aromatic carbocycles. The summed E-state index contributed by atoms with van der Waals surface area (Å²) in [5.74, 6) is 0.342. The number of thioether (sulfide) groups is 1. The highest BCUT2D eigenvalue weighted by atomic mass is 35.5. The topological polar surface area (TPSA) is 55.1 Å². The van der Waals surface area contributed by atoms with Gasteiger partial charge in [-0.1, -0.05) is 23.7 Å². The summed E-state index contributed by atoms with van der Waals surface area (Å²) in [6.45, 7) is 0.977. The van der Waals surface area contributed by atoms with Gasteiger partial charge in [0.15, 0.2) is 0 Å². The van der Waals surface area contributed by atoms with E-state index in [1.165, 1.54) is 11.8 Å². The van der Waals surface area contributed by atoms with Gasteiger partial charge in [-0.3, -0.25) is 4.79 Å². The van der Waals surface area contributed by atoms with Crippen molar-refractivity contribution < 1.29 is 4.79 Å². The molecule has 0 aromatic heterocycles. The molecule has 0 unspecified atom stereocenters. The lowest BCUT2D eigenvalue weighted by atomic mass is 10.4. The predicted octanol–water partition coefficient (Wildman–Crippen LogP) is 1.93. The second kappa shape index (κ2) is 8.70. The molecule has 3 nitrogen and oxygen atoms in total. The van der Waals surface area contributed by atoms with E-state index in [1.807, 2.05) is 24.3 Å². The molecule has 3 N–H and O–H groups in total. The molecule has 0 saturated heterocycles. The van der Waals surface area contributed by atoms with Crippen LogP contribution in [0.2, 0.25) is 5.02 Å². The van der Waals surface area contributed by atoms with Gasteiger partial charge in [-0.2, -0.15) is 0 Å². The minimum Gasteiger partial charge on any atom is -0.354 e. The van der Waals surface area contributed by atoms with Crippen LogP contribution < -0.4 is 11.1 Å². The quantitative estimate of drug-likeness (QED) is 0.811. The Kier molecular flexibility index (Phi) is 8.47. The molecule has 0 heterocycles. The van der Waals surface area contributed by atoms with Gasteiger partial charge in [0.25, 0.3) is 0 Å². The molecule has 1 amide bonds. The first kappa shape index (κ1) is 15.6. The number of hydrogen-bond donors (Lipinski definition) is 2. The van der Waals surface area contributed by atoms with Crippen molar-refractivity contribution in [3.05, 3.63) is 29.3 Å². The molecule has 0 atom stereocenters. The predicted molar refractivity (Wildman–Crippen MR) is 71.5 cm³/mol. The Morgan fingerprint density at radius 2 is 2.12 bits per heavy atom. The van der Waals surface area contributed by atoms with E-state index in [4.69, 9.17) is 17.3 Å². The van der Waals surface area contributed by atoms with Gasteiger partial charge in [0.1, 0.15) is 0 Å². The fourth-order valence-electron chi connectivity index (χ4n) is 0.968. The van der Waals surface area contributed by atoms with Crippen LogP contribution >= 0.6 is 35.8 Å². The van der Waals surface area contributed by atoms with Gasteiger partial charge in [0, 0.05) is 18.0 Å². The van der Waals surface area contributed by atoms with E-state index in [-0.39, 0.29) is 18.3 Å². The van der Waals surface area contributed by atoms with Crippen LogP contribution in [-0.2, 0) is 4.79 Å². The monoisotopic (exact) mass is 280 g/mol. The van der Waals surface area contributed by atoms with Gasteiger partial charge >= 0.3 is 0 Å². The summed E-state index contributed by atoms with van der Waals surface area (Å²) < 4.78 is 0. The summed E-state index contributed by atoms with van der Waals surface area (Å²) in [4.78, 5) is 12.2. The molecule has 0 saturated carbocycles. The zero-order valence-electron chi connectivity index (χ0n) is 8.61. The highest BCUT2D eigenvalue weighted by Crippen LogP contribution is 2.25. The van der Waals surface area contributed by atoms with Gasteiger partial charge in [-0.15, -0.1) is 24.2 Å². The fourth-order valence-corrected chi connectivity index (χ4v) is 2.04. The Balaban J connectivity index is 0.00000225. The number of nitrogens with one attached hydrogen (secondary N) is 1. The maximum absolute atomic E-state index is 11.3. The van der Waals surface area contributed by atoms with Gasteiger partial charge < -0.3 is 11.1 Å². The number of benzene rings is 1. The number of rotatable bonds is 5. The average molecular weight is 281 g/mol. The second-order valence-electron chi connectivity index (χ2n) is 2.86. The van der Waals surface area contributed by atoms with E-state index < -0.39 is 0 Å². The van der Waals surface area contributed by atoms with Crippen molar-refractivity contribution in [2.75, 3.05) is 18.8 Å². The van der Waals surface area contributed by atoms with Gasteiger partial charge in [0.05, 0.1) is 10.8 Å². The summed E-state index contributed by atoms with van der Waals surface area (Å²) in [7, 11) is 0. The molecule has 1 rings (SSSR count). The molecular weight excluding hydrogens is 267 g/mol. The molecule has 0 aliphatic heterocycles. The molecule has 0 bridgehead atoms. The van der Waals surface area contributed by atoms with Crippen molar-refractivity contribution in [3.63, 3.8) is 0 Å². The van der Waals surface area contributed by atoms with E-state index in [9.17, 15) is 4.79 Å². The number of halogens is 2. The van der Waals surface area contributed by atoms with E-state index in [2.05, 4.69) is 5.32 Å². The zero-order valence-corrected chi connectivity index (χ0v) is 11.0. The van der Waals surface area contributed by atoms with E-state index in [0.717, 1.165) is 4.90 Å². The van der Waals surface area contributed by atoms with Crippen molar-refractivity contribution in [1.29, 1.82) is 0 Å². The standard InChI is InChI=1S/C10H13ClN2OS.ClH/c11-8-3-1-2-4-9(8)15-7-10(14)13-6-5-12;/h1-4H,5-7,12H2,(H,13,14);1H. The van der Waals surface area contributed by atoms with Crippen molar-refractivity contribution in [2.45, 2.75) is 4.90 Å². The molecule has 90 valence electrons. The molecule has 16 heavy (non-hydrogen) atoms. The first-order valence-electron chi connectivity index (χ1n) is 4.58. The molecule has 0 spiro atoms. The van der Waals surface area contributed by atoms with E-state index >= 15 is 0 Å². The van der Waals surface area contributed by atoms with Crippen LogP contribution in [0.4, 0.5) is 0 Å². The number of amides is 1. The Morgan fingerprint density at radius 1 is 1.44 bits per heavy atom. The van der Waals surface area contributed by atoms with Crippen LogP contribution in [0.15, 0.2) is 29.2 Å². The Hall–Kier alpha value is -0.420. The third kappa shape index (κ3) is 5.61. The molecule has 1 aromatic rings. The summed E-state index contributed by atoms with van der Waals surface area (Å²) in [6.07, 6.45) is 0. The second-order valence-corrected chi connectivity index (χ2v) is 4.28. The van der Waals surface area contributed by atoms with Crippen LogP contribution in [0, 0.1) is 0 Å². The highest BCUT2D eigenvalue weighted by Gasteiger charge is 2.04. The summed E-state index contributed by atoms with van der Waals surface area (Å²) >= 11 is 7.36. The first-order valence-corrected chi connectivity index (χ1v) is 5.94. The summed E-state index contributed by atoms with van der Waals surface area (Å²) in [5, 5.41) is 3.37. The van der Waals surface area contributed by atoms with Crippen LogP contribution in [0.5, 0.6) is 0 Å². The Labute approximate surface area is 111 Å². The maximum atomic E-state index is 11.3. The largest absolute Gasteiger partial charge is 0.354 e. The Bertz CT molecular complexity index is 336. The van der Waals surface area contributed by atoms with Crippen molar-refractivity contribution >= 4 is 41.7 Å². The van der Waals surface area contributed by atoms with Crippen LogP contribution in [0.3, 0.4) is 0 Å². The van der Waals surface area contributed by atoms with Crippen LogP contribution in [-0.4, -0.2) is 24.7 Å². The fraction of sp³-hybridized carbons (Fsp3) is 0.300. The Morgan fingerprint density at radius 3 is 2.75 bits per heavy atom. The smallest absolute Gasteiger partial charge is 0.230 e. The zero-order chi connectivity index (χ0) is 11.1. The minimum atomic E-state index is -0.0228. The molecule has 0 radical (unpaired) electrons. The maximum Gasteiger partial charge on any atom is 0.230 e. The van der Waals surface area contributed by atoms with E-state index in [1.54, 1.807) is 0 Å². The van der Waals surface area contributed by atoms with Crippen molar-refractivity contribution in [3.8, 4) is 0 Å². The van der Waals surface area contributed by atoms with Crippen LogP contribution in [0.25, 0.3) is 0 Å². The van der Waals surface area contributed by atoms with Gasteiger partial charge in [0.2, 0.25) is 5.91 Å². The first-order chi connectivity index (χ1) is 7.24.